The van der Waals surface area contributed by atoms with Crippen LogP contribution < -0.4 is 10.1 Å². The van der Waals surface area contributed by atoms with Crippen molar-refractivity contribution in [2.45, 2.75) is 13.5 Å². The lowest BCUT2D eigenvalue weighted by molar-refractivity contribution is 0.102. The van der Waals surface area contributed by atoms with E-state index < -0.39 is 0 Å². The number of terminal acetylenes is 1. The van der Waals surface area contributed by atoms with E-state index in [1.54, 1.807) is 36.4 Å². The van der Waals surface area contributed by atoms with E-state index in [1.165, 1.54) is 0 Å². The average molecular weight is 381 g/mol. The van der Waals surface area contributed by atoms with Gasteiger partial charge >= 0.3 is 0 Å². The second-order valence-electron chi connectivity index (χ2n) is 6.70. The van der Waals surface area contributed by atoms with E-state index in [0.29, 0.717) is 29.2 Å². The molecule has 29 heavy (non-hydrogen) atoms. The highest BCUT2D eigenvalue weighted by Crippen LogP contribution is 2.18. The molecule has 1 amide bonds. The van der Waals surface area contributed by atoms with Crippen LogP contribution in [-0.2, 0) is 6.61 Å². The van der Waals surface area contributed by atoms with Crippen molar-refractivity contribution < 1.29 is 9.53 Å². The Labute approximate surface area is 169 Å². The molecule has 0 saturated heterocycles. The Balaban J connectivity index is 1.44. The molecule has 0 aliphatic heterocycles. The minimum atomic E-state index is -0.229. The maximum absolute atomic E-state index is 12.6. The molecular weight excluding hydrogens is 362 g/mol. The van der Waals surface area contributed by atoms with Crippen LogP contribution in [-0.4, -0.2) is 15.3 Å². The van der Waals surface area contributed by atoms with Gasteiger partial charge in [-0.2, -0.15) is 0 Å². The van der Waals surface area contributed by atoms with Crippen molar-refractivity contribution >= 4 is 17.2 Å². The Bertz CT molecular complexity index is 1230. The Morgan fingerprint density at radius 3 is 2.86 bits per heavy atom. The maximum atomic E-state index is 12.6. The molecule has 0 radical (unpaired) electrons. The first-order valence-corrected chi connectivity index (χ1v) is 9.16. The summed E-state index contributed by atoms with van der Waals surface area (Å²) in [5, 5.41) is 2.85. The monoisotopic (exact) mass is 381 g/mol. The highest BCUT2D eigenvalue weighted by molar-refractivity contribution is 6.04. The smallest absolute Gasteiger partial charge is 0.255 e. The number of anilines is 1. The molecule has 0 aliphatic carbocycles. The predicted octanol–water partition coefficient (Wildman–Crippen LogP) is 4.46. The molecule has 2 heterocycles. The van der Waals surface area contributed by atoms with Crippen LogP contribution in [0, 0.1) is 19.3 Å². The standard InChI is InChI=1S/C24H19N3O2/c1-3-18-6-4-8-20(12-18)26-24(28)19-7-5-9-22(13-19)29-16-21-15-27-14-17(2)10-11-23(27)25-21/h1,4-15H,16H2,2H3,(H,26,28). The lowest BCUT2D eigenvalue weighted by atomic mass is 10.1. The number of ether oxygens (including phenoxy) is 1. The maximum Gasteiger partial charge on any atom is 0.255 e. The summed E-state index contributed by atoms with van der Waals surface area (Å²) in [7, 11) is 0. The summed E-state index contributed by atoms with van der Waals surface area (Å²) in [6, 6.07) is 18.2. The number of benzene rings is 2. The first-order chi connectivity index (χ1) is 14.1. The molecule has 0 saturated carbocycles. The number of nitrogens with one attached hydrogen (secondary N) is 1. The van der Waals surface area contributed by atoms with E-state index in [4.69, 9.17) is 11.2 Å². The van der Waals surface area contributed by atoms with E-state index in [2.05, 4.69) is 16.2 Å². The van der Waals surface area contributed by atoms with Crippen molar-refractivity contribution in [2.75, 3.05) is 5.32 Å². The molecule has 0 aliphatic rings. The third-order valence-corrected chi connectivity index (χ3v) is 4.42. The van der Waals surface area contributed by atoms with Gasteiger partial charge in [0.15, 0.2) is 0 Å². The van der Waals surface area contributed by atoms with Crippen LogP contribution in [0.4, 0.5) is 5.69 Å². The summed E-state index contributed by atoms with van der Waals surface area (Å²) in [6.45, 7) is 2.35. The number of fused-ring (bicyclic) bond motifs is 1. The Morgan fingerprint density at radius 2 is 2.00 bits per heavy atom. The fraction of sp³-hybridized carbons (Fsp3) is 0.0833. The van der Waals surface area contributed by atoms with Crippen LogP contribution in [0.5, 0.6) is 5.75 Å². The van der Waals surface area contributed by atoms with E-state index in [1.807, 2.05) is 48.0 Å². The molecule has 4 aromatic rings. The molecule has 5 nitrogen and oxygen atoms in total. The number of pyridine rings is 1. The number of hydrogen-bond acceptors (Lipinski definition) is 3. The van der Waals surface area contributed by atoms with Gasteiger partial charge in [0.2, 0.25) is 0 Å². The number of rotatable bonds is 5. The van der Waals surface area contributed by atoms with Gasteiger partial charge in [-0.3, -0.25) is 4.79 Å². The summed E-state index contributed by atoms with van der Waals surface area (Å²) in [6.07, 6.45) is 9.37. The zero-order valence-electron chi connectivity index (χ0n) is 15.9. The molecule has 0 unspecified atom stereocenters. The van der Waals surface area contributed by atoms with Crippen LogP contribution in [0.25, 0.3) is 5.65 Å². The second-order valence-corrected chi connectivity index (χ2v) is 6.70. The molecule has 142 valence electrons. The third-order valence-electron chi connectivity index (χ3n) is 4.42. The number of aromatic nitrogens is 2. The summed E-state index contributed by atoms with van der Waals surface area (Å²) in [4.78, 5) is 17.1. The average Bonchev–Trinajstić information content (AvgIpc) is 3.14. The van der Waals surface area contributed by atoms with E-state index in [0.717, 1.165) is 16.9 Å². The van der Waals surface area contributed by atoms with Gasteiger partial charge in [0.25, 0.3) is 5.91 Å². The molecule has 0 atom stereocenters. The van der Waals surface area contributed by atoms with Crippen LogP contribution in [0.15, 0.2) is 73.1 Å². The number of imidazole rings is 1. The number of amides is 1. The Morgan fingerprint density at radius 1 is 1.14 bits per heavy atom. The van der Waals surface area contributed by atoms with Crippen molar-refractivity contribution in [3.05, 3.63) is 95.4 Å². The topological polar surface area (TPSA) is 55.6 Å². The predicted molar refractivity (Wildman–Crippen MR) is 113 cm³/mol. The quantitative estimate of drug-likeness (QED) is 0.520. The van der Waals surface area contributed by atoms with Gasteiger partial charge in [0.05, 0.1) is 5.69 Å². The Kier molecular flexibility index (Phi) is 5.00. The lowest BCUT2D eigenvalue weighted by Gasteiger charge is -2.08. The molecule has 0 bridgehead atoms. The van der Waals surface area contributed by atoms with Crippen molar-refractivity contribution in [3.63, 3.8) is 0 Å². The number of aryl methyl sites for hydroxylation is 1. The highest BCUT2D eigenvalue weighted by atomic mass is 16.5. The molecule has 5 heteroatoms. The van der Waals surface area contributed by atoms with Crippen molar-refractivity contribution in [1.82, 2.24) is 9.38 Å². The van der Waals surface area contributed by atoms with E-state index in [-0.39, 0.29) is 5.91 Å². The molecule has 2 aromatic carbocycles. The molecule has 4 rings (SSSR count). The van der Waals surface area contributed by atoms with Gasteiger partial charge in [-0.1, -0.05) is 24.1 Å². The van der Waals surface area contributed by atoms with Gasteiger partial charge in [0, 0.05) is 29.2 Å². The molecule has 2 aromatic heterocycles. The SMILES string of the molecule is C#Cc1cccc(NC(=O)c2cccc(OCc3cn4cc(C)ccc4n3)c2)c1. The number of hydrogen-bond donors (Lipinski definition) is 1. The first-order valence-electron chi connectivity index (χ1n) is 9.16. The minimum Gasteiger partial charge on any atom is -0.487 e. The van der Waals surface area contributed by atoms with E-state index >= 15 is 0 Å². The normalized spacial score (nSPS) is 10.5. The lowest BCUT2D eigenvalue weighted by Crippen LogP contribution is -2.12. The zero-order chi connectivity index (χ0) is 20.2. The largest absolute Gasteiger partial charge is 0.487 e. The van der Waals surface area contributed by atoms with Crippen molar-refractivity contribution in [2.24, 2.45) is 0 Å². The molecular formula is C24H19N3O2. The van der Waals surface area contributed by atoms with Crippen molar-refractivity contribution in [3.8, 4) is 18.1 Å². The molecule has 0 spiro atoms. The Hall–Kier alpha value is -4.04. The fourth-order valence-corrected chi connectivity index (χ4v) is 3.00. The molecule has 0 fully saturated rings. The summed E-state index contributed by atoms with van der Waals surface area (Å²) < 4.78 is 7.82. The number of nitrogens with zero attached hydrogens (tertiary/aromatic N) is 2. The summed E-state index contributed by atoms with van der Waals surface area (Å²) >= 11 is 0. The van der Waals surface area contributed by atoms with Gasteiger partial charge in [-0.05, 0) is 55.0 Å². The van der Waals surface area contributed by atoms with E-state index in [9.17, 15) is 4.79 Å². The van der Waals surface area contributed by atoms with Crippen molar-refractivity contribution in [1.29, 1.82) is 0 Å². The first kappa shape index (κ1) is 18.3. The fourth-order valence-electron chi connectivity index (χ4n) is 3.00. The molecule has 1 N–H and O–H groups in total. The van der Waals surface area contributed by atoms with Crippen LogP contribution in [0.2, 0.25) is 0 Å². The van der Waals surface area contributed by atoms with Gasteiger partial charge in [-0.15, -0.1) is 6.42 Å². The summed E-state index contributed by atoms with van der Waals surface area (Å²) in [5.41, 5.74) is 4.71. The number of carbonyl (C=O) groups is 1. The van der Waals surface area contributed by atoms with Gasteiger partial charge in [-0.25, -0.2) is 4.98 Å². The third kappa shape index (κ3) is 4.28. The van der Waals surface area contributed by atoms with Crippen LogP contribution in [0.1, 0.15) is 27.2 Å². The zero-order valence-corrected chi connectivity index (χ0v) is 15.9. The van der Waals surface area contributed by atoms with Crippen LogP contribution >= 0.6 is 0 Å². The van der Waals surface area contributed by atoms with Gasteiger partial charge < -0.3 is 14.5 Å². The van der Waals surface area contributed by atoms with Crippen LogP contribution in [0.3, 0.4) is 0 Å². The minimum absolute atomic E-state index is 0.229. The summed E-state index contributed by atoms with van der Waals surface area (Å²) in [5.74, 6) is 2.93. The second kappa shape index (κ2) is 7.91. The van der Waals surface area contributed by atoms with Gasteiger partial charge in [0.1, 0.15) is 18.0 Å². The number of carbonyl (C=O) groups excluding carboxylic acids is 1. The highest BCUT2D eigenvalue weighted by Gasteiger charge is 2.09.